The second-order valence-corrected chi connectivity index (χ2v) is 29.8. The predicted molar refractivity (Wildman–Crippen MR) is 122 cm³/mol. The number of halogens is 2. The molecule has 0 bridgehead atoms. The highest BCUT2D eigenvalue weighted by Gasteiger charge is 2.53. The first-order valence-corrected chi connectivity index (χ1v) is 18.0. The van der Waals surface area contributed by atoms with Gasteiger partial charge in [0.2, 0.25) is 0 Å². The zero-order valence-corrected chi connectivity index (χ0v) is 23.0. The van der Waals surface area contributed by atoms with Crippen LogP contribution in [0.15, 0.2) is 0 Å². The van der Waals surface area contributed by atoms with Crippen molar-refractivity contribution in [3.8, 4) is 0 Å². The van der Waals surface area contributed by atoms with Gasteiger partial charge in [-0.05, 0) is 32.2 Å². The second-order valence-electron chi connectivity index (χ2n) is 11.5. The van der Waals surface area contributed by atoms with Crippen LogP contribution in [0, 0.1) is 0 Å². The molecule has 140 valence electrons. The molecule has 0 unspecified atom stereocenters. The average Bonchev–Trinajstić information content (AvgIpc) is 2.22. The fraction of sp³-hybridized carbons (Fsp3) is 1.00. The maximum absolute atomic E-state index is 4.33. The predicted octanol–water partition coefficient (Wildman–Crippen LogP) is 9.26. The largest absolute Gasteiger partial charge is 0.140 e. The third-order valence-electron chi connectivity index (χ3n) is 5.80. The van der Waals surface area contributed by atoms with E-state index in [1.165, 1.54) is 18.5 Å². The maximum atomic E-state index is 4.33. The lowest BCUT2D eigenvalue weighted by Crippen LogP contribution is -2.48. The van der Waals surface area contributed by atoms with Crippen LogP contribution in [-0.2, 0) is 0 Å². The monoisotopic (exact) mass is 484 g/mol. The lowest BCUT2D eigenvalue weighted by molar-refractivity contribution is 0.614. The molecular weight excluding hydrogens is 444 g/mol. The van der Waals surface area contributed by atoms with E-state index in [-0.39, 0.29) is 0 Å². The van der Waals surface area contributed by atoms with Gasteiger partial charge in [-0.3, -0.25) is 0 Å². The summed E-state index contributed by atoms with van der Waals surface area (Å²) in [6.45, 7) is 26.1. The van der Waals surface area contributed by atoms with Gasteiger partial charge in [0.15, 0.2) is 0 Å². The van der Waals surface area contributed by atoms with Crippen molar-refractivity contribution in [2.24, 2.45) is 0 Å². The summed E-state index contributed by atoms with van der Waals surface area (Å²) in [6, 6.07) is 2.74. The molecule has 0 aliphatic carbocycles. The highest BCUT2D eigenvalue weighted by molar-refractivity contribution is 9.26. The van der Waals surface area contributed by atoms with Crippen molar-refractivity contribution in [3.63, 3.8) is 0 Å². The summed E-state index contributed by atoms with van der Waals surface area (Å²) in [5, 5.41) is 1.52. The van der Waals surface area contributed by atoms with Crippen LogP contribution in [0.3, 0.4) is 0 Å². The summed E-state index contributed by atoms with van der Waals surface area (Å²) < 4.78 is 0. The lowest BCUT2D eigenvalue weighted by Gasteiger charge is -2.50. The topological polar surface area (TPSA) is 0 Å². The Bertz CT molecular complexity index is 324. The van der Waals surface area contributed by atoms with Crippen LogP contribution in [-0.4, -0.2) is 13.4 Å². The lowest BCUT2D eigenvalue weighted by atomic mass is 10.2. The van der Waals surface area contributed by atoms with Gasteiger partial charge in [0, 0.05) is 0 Å². The summed E-state index contributed by atoms with van der Waals surface area (Å²) in [5.41, 5.74) is 0. The molecule has 0 aliphatic heterocycles. The Morgan fingerprint density at radius 3 is 0.783 bits per heavy atom. The van der Waals surface area contributed by atoms with Gasteiger partial charge in [-0.15, -0.1) is 30.6 Å². The van der Waals surface area contributed by atoms with E-state index in [1.54, 1.807) is 0 Å². The third kappa shape index (κ3) is 5.20. The quantitative estimate of drug-likeness (QED) is 0.274. The molecule has 0 spiro atoms. The molecule has 0 aromatic heterocycles. The molecule has 23 heavy (non-hydrogen) atoms. The first-order chi connectivity index (χ1) is 9.71. The Balaban J connectivity index is 5.38. The zero-order valence-electron chi connectivity index (χ0n) is 17.9. The maximum Gasteiger partial charge on any atom is 0.140 e. The molecule has 0 nitrogen and oxygen atoms in total. The van der Waals surface area contributed by atoms with Gasteiger partial charge < -0.3 is 0 Å². The standard InChI is InChI=1S/C19H42Br2Si2/c1-16(2,3)22(20,17(4,5)6)14-13-15-23(21,18(7,8)9)19(10,11)12/h13-15H2,1-12H3. The molecule has 0 saturated carbocycles. The number of rotatable bonds is 4. The van der Waals surface area contributed by atoms with E-state index < -0.39 is 13.4 Å². The molecule has 0 heterocycles. The van der Waals surface area contributed by atoms with Gasteiger partial charge in [-0.25, -0.2) is 0 Å². The first kappa shape index (κ1) is 24.4. The van der Waals surface area contributed by atoms with E-state index in [0.29, 0.717) is 20.2 Å². The van der Waals surface area contributed by atoms with Crippen LogP contribution in [0.1, 0.15) is 89.5 Å². The zero-order chi connectivity index (χ0) is 19.1. The van der Waals surface area contributed by atoms with Crippen molar-refractivity contribution in [3.05, 3.63) is 0 Å². The number of hydrogen-bond acceptors (Lipinski definition) is 0. The molecule has 0 amide bonds. The fourth-order valence-electron chi connectivity index (χ4n) is 4.33. The van der Waals surface area contributed by atoms with E-state index in [4.69, 9.17) is 0 Å². The normalized spacial score (nSPS) is 15.9. The molecule has 0 N–H and O–H groups in total. The second kappa shape index (κ2) is 7.19. The molecule has 0 rings (SSSR count). The van der Waals surface area contributed by atoms with Crippen LogP contribution in [0.25, 0.3) is 0 Å². The molecule has 0 aliphatic rings. The minimum atomic E-state index is -1.56. The molecule has 0 radical (unpaired) electrons. The fourth-order valence-corrected chi connectivity index (χ4v) is 15.2. The van der Waals surface area contributed by atoms with Gasteiger partial charge in [-0.2, -0.15) is 0 Å². The smallest absolute Gasteiger partial charge is 0.125 e. The Morgan fingerprint density at radius 2 is 0.652 bits per heavy atom. The van der Waals surface area contributed by atoms with Gasteiger partial charge in [0.1, 0.15) is 13.4 Å². The van der Waals surface area contributed by atoms with E-state index in [2.05, 4.69) is 114 Å². The van der Waals surface area contributed by atoms with Gasteiger partial charge in [-0.1, -0.05) is 89.5 Å². The molecule has 0 fully saturated rings. The van der Waals surface area contributed by atoms with Crippen LogP contribution in [0.5, 0.6) is 0 Å². The summed E-state index contributed by atoms with van der Waals surface area (Å²) in [5.74, 6) is 0. The summed E-state index contributed by atoms with van der Waals surface area (Å²) in [6.07, 6.45) is 1.35. The van der Waals surface area contributed by atoms with Crippen LogP contribution >= 0.6 is 30.6 Å². The Kier molecular flexibility index (Phi) is 7.63. The molecule has 0 aromatic rings. The van der Waals surface area contributed by atoms with Crippen molar-refractivity contribution in [1.29, 1.82) is 0 Å². The van der Waals surface area contributed by atoms with Crippen LogP contribution < -0.4 is 0 Å². The summed E-state index contributed by atoms with van der Waals surface area (Å²) in [4.78, 5) is 0. The molecular formula is C19H42Br2Si2. The SMILES string of the molecule is CC(C)(C)[Si](Br)(CCC[Si](Br)(C(C)(C)C)C(C)(C)C)C(C)(C)C. The average molecular weight is 487 g/mol. The highest BCUT2D eigenvalue weighted by Crippen LogP contribution is 2.60. The minimum absolute atomic E-state index is 0.380. The van der Waals surface area contributed by atoms with Crippen molar-refractivity contribution in [2.75, 3.05) is 0 Å². The van der Waals surface area contributed by atoms with Crippen molar-refractivity contribution in [1.82, 2.24) is 0 Å². The van der Waals surface area contributed by atoms with Crippen molar-refractivity contribution in [2.45, 2.75) is 122 Å². The summed E-state index contributed by atoms with van der Waals surface area (Å²) >= 11 is 8.67. The minimum Gasteiger partial charge on any atom is -0.125 e. The highest BCUT2D eigenvalue weighted by atomic mass is 79.9. The van der Waals surface area contributed by atoms with Gasteiger partial charge in [0.25, 0.3) is 0 Å². The van der Waals surface area contributed by atoms with Gasteiger partial charge in [0.05, 0.1) is 0 Å². The van der Waals surface area contributed by atoms with E-state index >= 15 is 0 Å². The molecule has 0 atom stereocenters. The van der Waals surface area contributed by atoms with Gasteiger partial charge >= 0.3 is 0 Å². The van der Waals surface area contributed by atoms with Crippen LogP contribution in [0.2, 0.25) is 32.2 Å². The molecule has 4 heteroatoms. The Hall–Kier alpha value is 1.39. The Labute approximate surface area is 165 Å². The first-order valence-electron chi connectivity index (χ1n) is 9.09. The third-order valence-corrected chi connectivity index (χ3v) is 34.0. The summed E-state index contributed by atoms with van der Waals surface area (Å²) in [7, 11) is 0. The molecule has 0 saturated heterocycles. The van der Waals surface area contributed by atoms with Crippen molar-refractivity contribution >= 4 is 44.0 Å². The van der Waals surface area contributed by atoms with E-state index in [1.807, 2.05) is 0 Å². The number of hydrogen-bond donors (Lipinski definition) is 0. The van der Waals surface area contributed by atoms with Crippen molar-refractivity contribution < 1.29 is 0 Å². The Morgan fingerprint density at radius 1 is 0.478 bits per heavy atom. The van der Waals surface area contributed by atoms with Crippen LogP contribution in [0.4, 0.5) is 0 Å². The van der Waals surface area contributed by atoms with E-state index in [9.17, 15) is 0 Å². The molecule has 0 aromatic carbocycles. The van der Waals surface area contributed by atoms with E-state index in [0.717, 1.165) is 0 Å².